The molecule has 0 aromatic carbocycles. The maximum Gasteiger partial charge on any atom is 0.228 e. The zero-order valence-electron chi connectivity index (χ0n) is 18.7. The molecular weight excluding hydrogens is 424 g/mol. The highest BCUT2D eigenvalue weighted by molar-refractivity contribution is 6.31. The van der Waals surface area contributed by atoms with Gasteiger partial charge in [-0.1, -0.05) is 42.3 Å². The number of carbonyl (C=O) groups excluding carboxylic acids is 1. The van der Waals surface area contributed by atoms with Crippen molar-refractivity contribution in [3.05, 3.63) is 53.0 Å². The minimum Gasteiger partial charge on any atom is -0.369 e. The molecule has 1 amide bonds. The maximum absolute atomic E-state index is 12.3. The quantitative estimate of drug-likeness (QED) is 0.562. The number of aryl methyl sites for hydroxylation is 2. The molecule has 0 aliphatic heterocycles. The summed E-state index contributed by atoms with van der Waals surface area (Å²) in [5.74, 6) is 1.63. The van der Waals surface area contributed by atoms with Gasteiger partial charge in [-0.15, -0.1) is 0 Å². The number of primary amides is 1. The lowest BCUT2D eigenvalue weighted by atomic mass is 9.71. The van der Waals surface area contributed by atoms with E-state index in [9.17, 15) is 4.79 Å². The van der Waals surface area contributed by atoms with E-state index < -0.39 is 0 Å². The Kier molecular flexibility index (Phi) is 6.65. The molecule has 0 spiro atoms. The third-order valence-corrected chi connectivity index (χ3v) is 7.00. The van der Waals surface area contributed by atoms with Crippen LogP contribution >= 0.6 is 11.6 Å². The summed E-state index contributed by atoms with van der Waals surface area (Å²) in [6.45, 7) is 2.24. The lowest BCUT2D eigenvalue weighted by Crippen LogP contribution is -2.36. The van der Waals surface area contributed by atoms with Gasteiger partial charge in [-0.2, -0.15) is 5.10 Å². The largest absolute Gasteiger partial charge is 0.369 e. The number of aromatic nitrogens is 4. The van der Waals surface area contributed by atoms with Crippen molar-refractivity contribution in [2.45, 2.75) is 51.9 Å². The Hall–Kier alpha value is -2.67. The number of anilines is 2. The van der Waals surface area contributed by atoms with E-state index in [-0.39, 0.29) is 17.2 Å². The Morgan fingerprint density at radius 3 is 2.84 bits per heavy atom. The molecule has 2 aliphatic carbocycles. The fourth-order valence-electron chi connectivity index (χ4n) is 4.95. The predicted octanol–water partition coefficient (Wildman–Crippen LogP) is 4.72. The van der Waals surface area contributed by atoms with Gasteiger partial charge in [-0.05, 0) is 56.8 Å². The summed E-state index contributed by atoms with van der Waals surface area (Å²) in [5, 5.41) is 7.98. The Labute approximate surface area is 194 Å². The van der Waals surface area contributed by atoms with Crippen molar-refractivity contribution in [3.63, 3.8) is 0 Å². The van der Waals surface area contributed by atoms with Crippen LogP contribution in [0.4, 0.5) is 11.8 Å². The van der Waals surface area contributed by atoms with Crippen molar-refractivity contribution in [3.8, 4) is 0 Å². The number of amides is 1. The highest BCUT2D eigenvalue weighted by Gasteiger charge is 2.56. The SMILES string of the molecule is CC1CC=CCC=C(CCCc2nc(Nc3ccn(C)n3)ncc2Cl)C1C1(C(N)=O)CC1. The molecule has 0 saturated heterocycles. The van der Waals surface area contributed by atoms with Crippen LogP contribution in [0.3, 0.4) is 0 Å². The molecule has 0 bridgehead atoms. The Morgan fingerprint density at radius 1 is 1.34 bits per heavy atom. The number of allylic oxidation sites excluding steroid dienone is 4. The molecule has 1 fully saturated rings. The topological polar surface area (TPSA) is 98.7 Å². The summed E-state index contributed by atoms with van der Waals surface area (Å²) in [4.78, 5) is 21.2. The van der Waals surface area contributed by atoms with E-state index in [1.165, 1.54) is 5.57 Å². The Balaban J connectivity index is 1.45. The molecule has 2 aromatic rings. The summed E-state index contributed by atoms with van der Waals surface area (Å²) in [6, 6.07) is 1.86. The predicted molar refractivity (Wildman–Crippen MR) is 126 cm³/mol. The Morgan fingerprint density at radius 2 is 2.16 bits per heavy atom. The third-order valence-electron chi connectivity index (χ3n) is 6.68. The molecule has 1 saturated carbocycles. The van der Waals surface area contributed by atoms with E-state index in [1.54, 1.807) is 10.9 Å². The first kappa shape index (κ1) is 22.5. The first-order valence-corrected chi connectivity index (χ1v) is 11.7. The van der Waals surface area contributed by atoms with Crippen LogP contribution < -0.4 is 11.1 Å². The molecular formula is C24H31ClN6O. The first-order valence-electron chi connectivity index (χ1n) is 11.3. The molecule has 0 radical (unpaired) electrons. The van der Waals surface area contributed by atoms with Crippen LogP contribution in [0.25, 0.3) is 0 Å². The van der Waals surface area contributed by atoms with Gasteiger partial charge in [0, 0.05) is 19.3 Å². The molecule has 2 heterocycles. The van der Waals surface area contributed by atoms with Crippen molar-refractivity contribution in [2.75, 3.05) is 5.32 Å². The van der Waals surface area contributed by atoms with E-state index in [2.05, 4.69) is 45.5 Å². The highest BCUT2D eigenvalue weighted by Crippen LogP contribution is 2.58. The number of carbonyl (C=O) groups is 1. The summed E-state index contributed by atoms with van der Waals surface area (Å²) in [6.07, 6.45) is 16.5. The van der Waals surface area contributed by atoms with Crippen LogP contribution in [0.5, 0.6) is 0 Å². The average Bonchev–Trinajstić information content (AvgIpc) is 3.44. The average molecular weight is 455 g/mol. The monoisotopic (exact) mass is 454 g/mol. The molecule has 4 rings (SSSR count). The number of nitrogens with one attached hydrogen (secondary N) is 1. The fraction of sp³-hybridized carbons (Fsp3) is 0.500. The number of rotatable bonds is 8. The van der Waals surface area contributed by atoms with Gasteiger partial charge < -0.3 is 11.1 Å². The van der Waals surface area contributed by atoms with Crippen molar-refractivity contribution < 1.29 is 4.79 Å². The van der Waals surface area contributed by atoms with E-state index in [1.807, 2.05) is 19.3 Å². The molecule has 8 heteroatoms. The second kappa shape index (κ2) is 9.45. The van der Waals surface area contributed by atoms with Gasteiger partial charge in [0.15, 0.2) is 5.82 Å². The number of nitrogens with zero attached hydrogens (tertiary/aromatic N) is 4. The standard InChI is InChI=1S/C24H31ClN6O/c1-16-7-4-3-5-8-17(21(16)24(12-13-24)22(26)32)9-6-10-19-18(25)15-27-23(28-19)29-20-11-14-31(2)30-20/h3-4,8,11,14-16,21H,5-7,9-10,12-13H2,1-2H3,(H2,26,32)(H,27,28,29,30). The van der Waals surface area contributed by atoms with Crippen LogP contribution in [0.15, 0.2) is 42.3 Å². The molecule has 32 heavy (non-hydrogen) atoms. The summed E-state index contributed by atoms with van der Waals surface area (Å²) in [7, 11) is 1.86. The van der Waals surface area contributed by atoms with Crippen LogP contribution in [-0.2, 0) is 18.3 Å². The summed E-state index contributed by atoms with van der Waals surface area (Å²) in [5.41, 5.74) is 7.68. The molecule has 2 atom stereocenters. The number of halogens is 1. The zero-order valence-corrected chi connectivity index (χ0v) is 19.5. The molecule has 2 aliphatic rings. The number of nitrogens with two attached hydrogens (primary N) is 1. The summed E-state index contributed by atoms with van der Waals surface area (Å²) >= 11 is 6.39. The number of hydrogen-bond acceptors (Lipinski definition) is 5. The van der Waals surface area contributed by atoms with Gasteiger partial charge in [-0.3, -0.25) is 9.48 Å². The molecule has 7 nitrogen and oxygen atoms in total. The van der Waals surface area contributed by atoms with E-state index in [0.29, 0.717) is 22.7 Å². The zero-order chi connectivity index (χ0) is 22.7. The minimum absolute atomic E-state index is 0.145. The van der Waals surface area contributed by atoms with Gasteiger partial charge in [0.2, 0.25) is 11.9 Å². The van der Waals surface area contributed by atoms with E-state index >= 15 is 0 Å². The van der Waals surface area contributed by atoms with Gasteiger partial charge in [0.25, 0.3) is 0 Å². The summed E-state index contributed by atoms with van der Waals surface area (Å²) < 4.78 is 1.72. The Bertz CT molecular complexity index is 1040. The van der Waals surface area contributed by atoms with Crippen LogP contribution in [0.1, 0.15) is 51.1 Å². The van der Waals surface area contributed by atoms with Crippen molar-refractivity contribution in [2.24, 2.45) is 30.0 Å². The van der Waals surface area contributed by atoms with Crippen LogP contribution in [0, 0.1) is 17.3 Å². The molecule has 170 valence electrons. The smallest absolute Gasteiger partial charge is 0.228 e. The van der Waals surface area contributed by atoms with Crippen molar-refractivity contribution >= 4 is 29.3 Å². The van der Waals surface area contributed by atoms with Gasteiger partial charge in [0.05, 0.1) is 22.3 Å². The van der Waals surface area contributed by atoms with Crippen molar-refractivity contribution in [1.29, 1.82) is 0 Å². The van der Waals surface area contributed by atoms with Gasteiger partial charge in [0.1, 0.15) is 0 Å². The normalized spacial score (nSPS) is 22.0. The highest BCUT2D eigenvalue weighted by atomic mass is 35.5. The third kappa shape index (κ3) is 4.88. The lowest BCUT2D eigenvalue weighted by Gasteiger charge is -2.33. The second-order valence-electron chi connectivity index (χ2n) is 9.04. The van der Waals surface area contributed by atoms with Crippen LogP contribution in [-0.4, -0.2) is 25.7 Å². The van der Waals surface area contributed by atoms with Gasteiger partial charge in [-0.25, -0.2) is 9.97 Å². The van der Waals surface area contributed by atoms with Crippen LogP contribution in [0.2, 0.25) is 5.02 Å². The second-order valence-corrected chi connectivity index (χ2v) is 9.45. The van der Waals surface area contributed by atoms with Gasteiger partial charge >= 0.3 is 0 Å². The molecule has 3 N–H and O–H groups in total. The fourth-order valence-corrected chi connectivity index (χ4v) is 5.14. The molecule has 2 unspecified atom stereocenters. The molecule has 2 aromatic heterocycles. The van der Waals surface area contributed by atoms with E-state index in [0.717, 1.165) is 50.6 Å². The number of hydrogen-bond donors (Lipinski definition) is 2. The lowest BCUT2D eigenvalue weighted by molar-refractivity contribution is -0.125. The van der Waals surface area contributed by atoms with Crippen molar-refractivity contribution in [1.82, 2.24) is 19.7 Å². The van der Waals surface area contributed by atoms with E-state index in [4.69, 9.17) is 17.3 Å². The maximum atomic E-state index is 12.3. The minimum atomic E-state index is -0.358. The first-order chi connectivity index (χ1) is 15.4.